The average Bonchev–Trinajstić information content (AvgIpc) is 3.47. The summed E-state index contributed by atoms with van der Waals surface area (Å²) in [6, 6.07) is 12.6. The van der Waals surface area contributed by atoms with Gasteiger partial charge in [0.1, 0.15) is 0 Å². The highest BCUT2D eigenvalue weighted by atomic mass is 35.5. The van der Waals surface area contributed by atoms with Crippen molar-refractivity contribution in [1.82, 2.24) is 14.9 Å². The van der Waals surface area contributed by atoms with Crippen molar-refractivity contribution < 1.29 is 9.53 Å². The Morgan fingerprint density at radius 2 is 1.91 bits per heavy atom. The fourth-order valence-corrected chi connectivity index (χ4v) is 4.98. The largest absolute Gasteiger partial charge is 0.381 e. The van der Waals surface area contributed by atoms with E-state index in [9.17, 15) is 4.79 Å². The van der Waals surface area contributed by atoms with Gasteiger partial charge in [-0.2, -0.15) is 0 Å². The van der Waals surface area contributed by atoms with Crippen LogP contribution in [-0.4, -0.2) is 48.3 Å². The van der Waals surface area contributed by atoms with Crippen LogP contribution in [0.25, 0.3) is 16.7 Å². The highest BCUT2D eigenvalue weighted by molar-refractivity contribution is 6.32. The van der Waals surface area contributed by atoms with Gasteiger partial charge in [0.15, 0.2) is 0 Å². The van der Waals surface area contributed by atoms with E-state index in [-0.39, 0.29) is 11.8 Å². The number of carbonyl (C=O) groups excluding carboxylic acids is 1. The van der Waals surface area contributed by atoms with E-state index < -0.39 is 0 Å². The normalized spacial score (nSPS) is 19.4. The minimum atomic E-state index is 0.0532. The molecule has 3 aromatic rings. The Balaban J connectivity index is 1.37. The van der Waals surface area contributed by atoms with Gasteiger partial charge in [0, 0.05) is 48.8 Å². The molecule has 2 fully saturated rings. The van der Waals surface area contributed by atoms with Crippen molar-refractivity contribution in [2.24, 2.45) is 11.8 Å². The van der Waals surface area contributed by atoms with E-state index in [2.05, 4.69) is 52.0 Å². The molecule has 2 aromatic carbocycles. The van der Waals surface area contributed by atoms with Gasteiger partial charge in [-0.15, -0.1) is 0 Å². The predicted octanol–water partition coefficient (Wildman–Crippen LogP) is 4.66. The zero-order valence-corrected chi connectivity index (χ0v) is 20.1. The van der Waals surface area contributed by atoms with Crippen molar-refractivity contribution in [3.63, 3.8) is 0 Å². The van der Waals surface area contributed by atoms with E-state index in [1.165, 1.54) is 5.56 Å². The lowest BCUT2D eigenvalue weighted by Gasteiger charge is -2.32. The Bertz CT molecular complexity index is 1140. The third-order valence-corrected chi connectivity index (χ3v) is 7.35. The summed E-state index contributed by atoms with van der Waals surface area (Å²) in [5, 5.41) is 3.88. The summed E-state index contributed by atoms with van der Waals surface area (Å²) in [4.78, 5) is 20.0. The molecule has 33 heavy (non-hydrogen) atoms. The van der Waals surface area contributed by atoms with Crippen LogP contribution in [0.5, 0.6) is 0 Å². The van der Waals surface area contributed by atoms with E-state index >= 15 is 0 Å². The SMILES string of the molecule is Cc1ccc(-n2c(N3CCC(C(=O)NCC4CCOC4)CC3)nc3cc(Cl)c(C)cc32)cc1. The molecular formula is C26H31ClN4O2. The summed E-state index contributed by atoms with van der Waals surface area (Å²) in [5.41, 5.74) is 5.28. The molecule has 0 bridgehead atoms. The minimum absolute atomic E-state index is 0.0532. The number of fused-ring (bicyclic) bond motifs is 1. The van der Waals surface area contributed by atoms with Gasteiger partial charge >= 0.3 is 0 Å². The molecule has 0 saturated carbocycles. The molecule has 1 N–H and O–H groups in total. The first-order valence-electron chi connectivity index (χ1n) is 11.9. The van der Waals surface area contributed by atoms with Crippen molar-refractivity contribution in [3.8, 4) is 5.69 Å². The van der Waals surface area contributed by atoms with Crippen LogP contribution in [0.3, 0.4) is 0 Å². The number of ether oxygens (including phenoxy) is 1. The molecule has 1 amide bonds. The minimum Gasteiger partial charge on any atom is -0.381 e. The Kier molecular flexibility index (Phi) is 6.30. The summed E-state index contributed by atoms with van der Waals surface area (Å²) in [7, 11) is 0. The Hall–Kier alpha value is -2.57. The van der Waals surface area contributed by atoms with Gasteiger partial charge in [0.2, 0.25) is 11.9 Å². The number of anilines is 1. The maximum absolute atomic E-state index is 12.7. The molecule has 2 aliphatic rings. The second kappa shape index (κ2) is 9.35. The summed E-state index contributed by atoms with van der Waals surface area (Å²) in [6.07, 6.45) is 2.69. The topological polar surface area (TPSA) is 59.4 Å². The number of hydrogen-bond acceptors (Lipinski definition) is 4. The van der Waals surface area contributed by atoms with E-state index in [1.54, 1.807) is 0 Å². The second-order valence-corrected chi connectivity index (χ2v) is 9.82. The number of carbonyl (C=O) groups is 1. The van der Waals surface area contributed by atoms with Gasteiger partial charge in [-0.25, -0.2) is 4.98 Å². The van der Waals surface area contributed by atoms with Crippen LogP contribution in [0.2, 0.25) is 5.02 Å². The molecule has 0 radical (unpaired) electrons. The number of amides is 1. The van der Waals surface area contributed by atoms with Crippen LogP contribution in [0.4, 0.5) is 5.95 Å². The first-order valence-corrected chi connectivity index (χ1v) is 12.2. The lowest BCUT2D eigenvalue weighted by Crippen LogP contribution is -2.42. The molecule has 0 aliphatic carbocycles. The number of aryl methyl sites for hydroxylation is 2. The molecule has 2 aliphatic heterocycles. The van der Waals surface area contributed by atoms with E-state index in [4.69, 9.17) is 21.3 Å². The molecule has 6 nitrogen and oxygen atoms in total. The smallest absolute Gasteiger partial charge is 0.223 e. The Morgan fingerprint density at radius 1 is 1.15 bits per heavy atom. The Labute approximate surface area is 199 Å². The van der Waals surface area contributed by atoms with Crippen LogP contribution in [0, 0.1) is 25.7 Å². The van der Waals surface area contributed by atoms with E-state index in [1.807, 2.05) is 13.0 Å². The van der Waals surface area contributed by atoms with Gasteiger partial charge < -0.3 is 15.0 Å². The summed E-state index contributed by atoms with van der Waals surface area (Å²) in [5.74, 6) is 1.60. The predicted molar refractivity (Wildman–Crippen MR) is 132 cm³/mol. The zero-order chi connectivity index (χ0) is 22.9. The van der Waals surface area contributed by atoms with Crippen LogP contribution < -0.4 is 10.2 Å². The van der Waals surface area contributed by atoms with Crippen molar-refractivity contribution >= 4 is 34.5 Å². The number of hydrogen-bond donors (Lipinski definition) is 1. The molecule has 1 unspecified atom stereocenters. The first kappa shape index (κ1) is 22.2. The number of benzene rings is 2. The molecule has 3 heterocycles. The number of nitrogens with one attached hydrogen (secondary N) is 1. The van der Waals surface area contributed by atoms with Crippen molar-refractivity contribution in [2.75, 3.05) is 37.7 Å². The molecule has 5 rings (SSSR count). The van der Waals surface area contributed by atoms with Crippen LogP contribution in [0.15, 0.2) is 36.4 Å². The van der Waals surface area contributed by atoms with E-state index in [0.717, 1.165) is 85.4 Å². The quantitative estimate of drug-likeness (QED) is 0.593. The third kappa shape index (κ3) is 4.59. The maximum Gasteiger partial charge on any atom is 0.223 e. The molecule has 0 spiro atoms. The maximum atomic E-state index is 12.7. The lowest BCUT2D eigenvalue weighted by molar-refractivity contribution is -0.125. The van der Waals surface area contributed by atoms with Crippen LogP contribution >= 0.6 is 11.6 Å². The van der Waals surface area contributed by atoms with Gasteiger partial charge in [-0.05, 0) is 62.9 Å². The van der Waals surface area contributed by atoms with Crippen molar-refractivity contribution in [1.29, 1.82) is 0 Å². The molecule has 174 valence electrons. The van der Waals surface area contributed by atoms with Crippen molar-refractivity contribution in [3.05, 3.63) is 52.5 Å². The summed E-state index contributed by atoms with van der Waals surface area (Å²) < 4.78 is 7.64. The number of rotatable bonds is 5. The third-order valence-electron chi connectivity index (χ3n) is 6.95. The second-order valence-electron chi connectivity index (χ2n) is 9.41. The van der Waals surface area contributed by atoms with Crippen LogP contribution in [0.1, 0.15) is 30.4 Å². The molecule has 7 heteroatoms. The van der Waals surface area contributed by atoms with Gasteiger partial charge in [0.25, 0.3) is 0 Å². The average molecular weight is 467 g/mol. The number of aromatic nitrogens is 2. The summed E-state index contributed by atoms with van der Waals surface area (Å²) in [6.45, 7) is 8.01. The molecule has 1 atom stereocenters. The number of imidazole rings is 1. The lowest BCUT2D eigenvalue weighted by atomic mass is 9.96. The summed E-state index contributed by atoms with van der Waals surface area (Å²) >= 11 is 6.42. The van der Waals surface area contributed by atoms with E-state index in [0.29, 0.717) is 5.92 Å². The Morgan fingerprint density at radius 3 is 2.61 bits per heavy atom. The highest BCUT2D eigenvalue weighted by Gasteiger charge is 2.29. The van der Waals surface area contributed by atoms with Crippen molar-refractivity contribution in [2.45, 2.75) is 33.1 Å². The highest BCUT2D eigenvalue weighted by Crippen LogP contribution is 2.33. The number of nitrogens with zero attached hydrogens (tertiary/aromatic N) is 3. The van der Waals surface area contributed by atoms with Gasteiger partial charge in [-0.3, -0.25) is 9.36 Å². The van der Waals surface area contributed by atoms with Gasteiger partial charge in [-0.1, -0.05) is 29.3 Å². The standard InChI is InChI=1S/C26H31ClN4O2/c1-17-3-5-21(6-4-17)31-24-13-18(2)22(27)14-23(24)29-26(31)30-10-7-20(8-11-30)25(32)28-15-19-9-12-33-16-19/h3-6,13-14,19-20H,7-12,15-16H2,1-2H3,(H,28,32). The molecule has 1 aromatic heterocycles. The number of halogens is 1. The molecule has 2 saturated heterocycles. The fraction of sp³-hybridized carbons (Fsp3) is 0.462. The number of piperidine rings is 1. The first-order chi connectivity index (χ1) is 16.0. The van der Waals surface area contributed by atoms with Crippen LogP contribution in [-0.2, 0) is 9.53 Å². The monoisotopic (exact) mass is 466 g/mol. The zero-order valence-electron chi connectivity index (χ0n) is 19.3. The fourth-order valence-electron chi connectivity index (χ4n) is 4.83. The molecular weight excluding hydrogens is 436 g/mol. The van der Waals surface area contributed by atoms with Gasteiger partial charge in [0.05, 0.1) is 17.6 Å².